The van der Waals surface area contributed by atoms with Gasteiger partial charge in [-0.15, -0.1) is 0 Å². The van der Waals surface area contributed by atoms with Crippen molar-refractivity contribution in [2.45, 2.75) is 120 Å². The second-order valence-corrected chi connectivity index (χ2v) is 12.5. The van der Waals surface area contributed by atoms with Crippen molar-refractivity contribution < 1.29 is 49.3 Å². The third-order valence-electron chi connectivity index (χ3n) is 10.5. The first-order chi connectivity index (χ1) is 15.9. The predicted molar refractivity (Wildman–Crippen MR) is 119 cm³/mol. The first-order valence-corrected chi connectivity index (χ1v) is 12.5. The van der Waals surface area contributed by atoms with E-state index in [9.17, 15) is 35.1 Å². The van der Waals surface area contributed by atoms with Crippen LogP contribution in [-0.4, -0.2) is 90.4 Å². The van der Waals surface area contributed by atoms with Crippen molar-refractivity contribution in [2.24, 2.45) is 22.7 Å². The summed E-state index contributed by atoms with van der Waals surface area (Å²) in [5, 5.41) is 60.8. The van der Waals surface area contributed by atoms with Gasteiger partial charge in [-0.1, -0.05) is 20.8 Å². The summed E-state index contributed by atoms with van der Waals surface area (Å²) in [6, 6.07) is 0. The largest absolute Gasteiger partial charge is 0.461 e. The Hall–Kier alpha value is -1.30. The summed E-state index contributed by atoms with van der Waals surface area (Å²) in [6.07, 6.45) is -5.73. The third kappa shape index (κ3) is 2.66. The van der Waals surface area contributed by atoms with Crippen LogP contribution in [0.2, 0.25) is 0 Å². The molecule has 5 rings (SSSR count). The van der Waals surface area contributed by atoms with Gasteiger partial charge in [0.15, 0.2) is 6.10 Å². The van der Waals surface area contributed by atoms with Crippen molar-refractivity contribution in [2.75, 3.05) is 0 Å². The quantitative estimate of drug-likeness (QED) is 0.260. The number of aliphatic hydroxyl groups is 5. The number of ether oxygens (including phenoxy) is 3. The molecule has 1 saturated heterocycles. The number of epoxide rings is 1. The molecule has 5 aliphatic rings. The van der Waals surface area contributed by atoms with Gasteiger partial charge in [-0.3, -0.25) is 9.59 Å². The van der Waals surface area contributed by atoms with Crippen LogP contribution < -0.4 is 0 Å². The molecule has 5 fully saturated rings. The Kier molecular flexibility index (Phi) is 5.04. The highest BCUT2D eigenvalue weighted by molar-refractivity contribution is 5.69. The molecule has 12 atom stereocenters. The highest BCUT2D eigenvalue weighted by atomic mass is 16.6. The van der Waals surface area contributed by atoms with Gasteiger partial charge in [0.2, 0.25) is 0 Å². The van der Waals surface area contributed by atoms with Crippen LogP contribution in [0.4, 0.5) is 0 Å². The highest BCUT2D eigenvalue weighted by Gasteiger charge is 2.89. The standard InChI is InChI=1S/C25H38O10/c1-7-13(27)34-17-12-8-9-24(31)22(6,30)15-14-18(35-14)20(3,4)25(15,32)19(33-11(2)26)16(28)23(17,24)10-21(12,5)29/h12,14-19,28-32H,7-10H2,1-6H3/t12-,14-,15-,16+,17+,18-,19+,21+,22-,23+,24+,25-/m0/s1. The molecule has 10 nitrogen and oxygen atoms in total. The smallest absolute Gasteiger partial charge is 0.305 e. The van der Waals surface area contributed by atoms with E-state index in [1.165, 1.54) is 6.92 Å². The maximum absolute atomic E-state index is 12.5. The minimum Gasteiger partial charge on any atom is -0.461 e. The van der Waals surface area contributed by atoms with Crippen molar-refractivity contribution in [3.63, 3.8) is 0 Å². The van der Waals surface area contributed by atoms with E-state index >= 15 is 0 Å². The van der Waals surface area contributed by atoms with E-state index in [0.29, 0.717) is 0 Å². The second-order valence-electron chi connectivity index (χ2n) is 12.5. The van der Waals surface area contributed by atoms with Gasteiger partial charge < -0.3 is 39.7 Å². The number of carbonyl (C=O) groups excluding carboxylic acids is 2. The molecule has 2 bridgehead atoms. The highest BCUT2D eigenvalue weighted by Crippen LogP contribution is 2.74. The van der Waals surface area contributed by atoms with Gasteiger partial charge in [0.1, 0.15) is 23.4 Å². The Balaban J connectivity index is 1.81. The van der Waals surface area contributed by atoms with Gasteiger partial charge >= 0.3 is 11.9 Å². The van der Waals surface area contributed by atoms with Crippen molar-refractivity contribution in [1.82, 2.24) is 0 Å². The average Bonchev–Trinajstić information content (AvgIpc) is 3.46. The first kappa shape index (κ1) is 25.4. The van der Waals surface area contributed by atoms with E-state index in [1.54, 1.807) is 27.7 Å². The molecular weight excluding hydrogens is 460 g/mol. The fourth-order valence-corrected chi connectivity index (χ4v) is 8.83. The number of aliphatic hydroxyl groups excluding tert-OH is 1. The SMILES string of the molecule is CCC(=O)O[C@@H]1[C@@H]2CC[C@]3(O)[C@]1(C[C@@]2(C)O)[C@H](O)[C@@H](OC(C)=O)[C@@]1(O)[C@@H]([C@@H]2O[C@@H]2C1(C)C)[C@]3(C)O. The number of carbonyl (C=O) groups is 2. The zero-order chi connectivity index (χ0) is 26.1. The maximum atomic E-state index is 12.5. The second kappa shape index (κ2) is 6.96. The van der Waals surface area contributed by atoms with Crippen molar-refractivity contribution in [3.8, 4) is 0 Å². The number of fused-ring (bicyclic) bond motifs is 4. The lowest BCUT2D eigenvalue weighted by Gasteiger charge is -2.58. The summed E-state index contributed by atoms with van der Waals surface area (Å²) in [4.78, 5) is 24.8. The van der Waals surface area contributed by atoms with E-state index in [0.717, 1.165) is 6.92 Å². The Morgan fingerprint density at radius 1 is 1.03 bits per heavy atom. The molecule has 1 aliphatic heterocycles. The molecule has 10 heteroatoms. The number of esters is 2. The van der Waals surface area contributed by atoms with E-state index in [-0.39, 0.29) is 25.7 Å². The summed E-state index contributed by atoms with van der Waals surface area (Å²) in [7, 11) is 0. The Morgan fingerprint density at radius 3 is 2.23 bits per heavy atom. The van der Waals surface area contributed by atoms with E-state index in [2.05, 4.69) is 0 Å². The van der Waals surface area contributed by atoms with Crippen molar-refractivity contribution >= 4 is 11.9 Å². The molecule has 1 spiro atoms. The maximum Gasteiger partial charge on any atom is 0.305 e. The van der Waals surface area contributed by atoms with E-state index in [1.807, 2.05) is 0 Å². The molecule has 4 saturated carbocycles. The lowest BCUT2D eigenvalue weighted by molar-refractivity contribution is -0.290. The molecule has 0 radical (unpaired) electrons. The zero-order valence-electron chi connectivity index (χ0n) is 21.1. The fraction of sp³-hybridized carbons (Fsp3) is 0.920. The van der Waals surface area contributed by atoms with Crippen molar-refractivity contribution in [3.05, 3.63) is 0 Å². The molecule has 0 aromatic rings. The van der Waals surface area contributed by atoms with Crippen LogP contribution in [0.15, 0.2) is 0 Å². The molecule has 35 heavy (non-hydrogen) atoms. The predicted octanol–water partition coefficient (Wildman–Crippen LogP) is -0.198. The average molecular weight is 499 g/mol. The van der Waals surface area contributed by atoms with Crippen LogP contribution in [0.3, 0.4) is 0 Å². The summed E-state index contributed by atoms with van der Waals surface area (Å²) < 4.78 is 17.3. The monoisotopic (exact) mass is 498 g/mol. The Bertz CT molecular complexity index is 960. The Morgan fingerprint density at radius 2 is 1.66 bits per heavy atom. The molecular formula is C25H38O10. The van der Waals surface area contributed by atoms with Crippen LogP contribution >= 0.6 is 0 Å². The molecule has 5 N–H and O–H groups in total. The van der Waals surface area contributed by atoms with Gasteiger partial charge in [-0.25, -0.2) is 0 Å². The molecule has 0 amide bonds. The molecule has 0 aromatic carbocycles. The van der Waals surface area contributed by atoms with Crippen LogP contribution in [0, 0.1) is 22.7 Å². The van der Waals surface area contributed by atoms with E-state index in [4.69, 9.17) is 14.2 Å². The number of hydrogen-bond acceptors (Lipinski definition) is 10. The first-order valence-electron chi connectivity index (χ1n) is 12.5. The molecule has 0 unspecified atom stereocenters. The van der Waals surface area contributed by atoms with Gasteiger partial charge in [0.25, 0.3) is 0 Å². The molecule has 4 aliphatic carbocycles. The minimum atomic E-state index is -2.13. The summed E-state index contributed by atoms with van der Waals surface area (Å²) in [5.74, 6) is -3.14. The number of rotatable bonds is 3. The van der Waals surface area contributed by atoms with Gasteiger partial charge in [-0.2, -0.15) is 0 Å². The fourth-order valence-electron chi connectivity index (χ4n) is 8.83. The lowest BCUT2D eigenvalue weighted by Crippen LogP contribution is -2.73. The van der Waals surface area contributed by atoms with Gasteiger partial charge in [0, 0.05) is 24.7 Å². The van der Waals surface area contributed by atoms with Crippen molar-refractivity contribution in [1.29, 1.82) is 0 Å². The zero-order valence-corrected chi connectivity index (χ0v) is 21.1. The van der Waals surface area contributed by atoms with Crippen LogP contribution in [0.1, 0.15) is 67.2 Å². The lowest BCUT2D eigenvalue weighted by atomic mass is 9.53. The third-order valence-corrected chi connectivity index (χ3v) is 10.5. The van der Waals surface area contributed by atoms with Crippen LogP contribution in [0.25, 0.3) is 0 Å². The summed E-state index contributed by atoms with van der Waals surface area (Å²) in [6.45, 7) is 9.15. The number of hydrogen-bond donors (Lipinski definition) is 5. The van der Waals surface area contributed by atoms with Gasteiger partial charge in [-0.05, 0) is 33.1 Å². The molecule has 0 aromatic heterocycles. The summed E-state index contributed by atoms with van der Waals surface area (Å²) >= 11 is 0. The van der Waals surface area contributed by atoms with E-state index < -0.39 is 87.5 Å². The topological polar surface area (TPSA) is 166 Å². The normalized spacial score (nSPS) is 57.4. The Labute approximate surface area is 204 Å². The van der Waals surface area contributed by atoms with Gasteiger partial charge in [0.05, 0.1) is 34.7 Å². The van der Waals surface area contributed by atoms with Crippen LogP contribution in [-0.2, 0) is 23.8 Å². The summed E-state index contributed by atoms with van der Waals surface area (Å²) in [5.41, 5.74) is -10.6. The van der Waals surface area contributed by atoms with Crippen LogP contribution in [0.5, 0.6) is 0 Å². The molecule has 1 heterocycles. The minimum absolute atomic E-state index is 0.0247. The molecule has 198 valence electrons.